The normalized spacial score (nSPS) is 16.9. The molecule has 0 bridgehead atoms. The Hall–Kier alpha value is -3.34. The highest BCUT2D eigenvalue weighted by molar-refractivity contribution is 7.90. The summed E-state index contributed by atoms with van der Waals surface area (Å²) < 4.78 is 56.9. The third kappa shape index (κ3) is 4.81. The van der Waals surface area contributed by atoms with Crippen molar-refractivity contribution in [3.05, 3.63) is 109 Å². The van der Waals surface area contributed by atoms with Crippen molar-refractivity contribution >= 4 is 33.0 Å². The molecule has 1 fully saturated rings. The fourth-order valence-electron chi connectivity index (χ4n) is 4.94. The molecule has 1 aliphatic rings. The predicted molar refractivity (Wildman–Crippen MR) is 143 cm³/mol. The maximum Gasteiger partial charge on any atom is 0.274 e. The quantitative estimate of drug-likeness (QED) is 0.228. The molecule has 1 aliphatic carbocycles. The number of sulfone groups is 1. The summed E-state index contributed by atoms with van der Waals surface area (Å²) in [5.74, 6) is -2.34. The SMILES string of the molecule is Cc1cnc(-c2cccc(S(C)(=O)=O)c2F)c(F)c1-n1c(C)cc([C@H]2C[C@@H]2c2cc(Cl)c[n+]([O-])c2)c(Cl)c1=O. The van der Waals surface area contributed by atoms with Crippen molar-refractivity contribution in [2.75, 3.05) is 6.26 Å². The van der Waals surface area contributed by atoms with Crippen molar-refractivity contribution < 1.29 is 21.9 Å². The van der Waals surface area contributed by atoms with E-state index in [4.69, 9.17) is 23.2 Å². The Morgan fingerprint density at radius 2 is 1.82 bits per heavy atom. The van der Waals surface area contributed by atoms with Crippen LogP contribution in [0.2, 0.25) is 10.0 Å². The van der Waals surface area contributed by atoms with Gasteiger partial charge >= 0.3 is 0 Å². The molecule has 1 aromatic carbocycles. The summed E-state index contributed by atoms with van der Waals surface area (Å²) in [7, 11) is -3.93. The maximum absolute atomic E-state index is 16.0. The lowest BCUT2D eigenvalue weighted by Crippen LogP contribution is -2.25. The van der Waals surface area contributed by atoms with Crippen LogP contribution >= 0.6 is 23.2 Å². The molecule has 39 heavy (non-hydrogen) atoms. The van der Waals surface area contributed by atoms with E-state index in [2.05, 4.69) is 4.98 Å². The van der Waals surface area contributed by atoms with Gasteiger partial charge in [-0.1, -0.05) is 29.3 Å². The number of pyridine rings is 3. The molecule has 12 heteroatoms. The lowest BCUT2D eigenvalue weighted by Gasteiger charge is -2.18. The molecule has 3 heterocycles. The largest absolute Gasteiger partial charge is 0.619 e. The average molecular weight is 592 g/mol. The standard InChI is InChI=1S/C27H21Cl2F2N3O4S/c1-13-10-32-25(17-5-4-6-21(23(17)30)39(3,37)38)24(31)26(13)34-14(2)7-20(22(29)27(34)35)19-9-18(19)15-8-16(28)12-33(36)11-15/h4-8,10-12,18-19H,9H2,1-3H3/t18-,19+/m1/s1. The molecule has 0 unspecified atom stereocenters. The third-order valence-corrected chi connectivity index (χ3v) is 8.53. The number of hydrogen-bond donors (Lipinski definition) is 0. The molecule has 0 radical (unpaired) electrons. The topological polar surface area (TPSA) is 96.0 Å². The zero-order valence-electron chi connectivity index (χ0n) is 20.9. The Balaban J connectivity index is 1.62. The number of aryl methyl sites for hydroxylation is 2. The van der Waals surface area contributed by atoms with Gasteiger partial charge in [0.1, 0.15) is 20.6 Å². The number of rotatable bonds is 5. The highest BCUT2D eigenvalue weighted by Gasteiger charge is 2.43. The molecule has 5 rings (SSSR count). The van der Waals surface area contributed by atoms with Gasteiger partial charge in [-0.3, -0.25) is 14.3 Å². The van der Waals surface area contributed by atoms with Crippen LogP contribution in [-0.4, -0.2) is 24.2 Å². The monoisotopic (exact) mass is 591 g/mol. The second kappa shape index (κ2) is 9.69. The molecule has 0 spiro atoms. The van der Waals surface area contributed by atoms with Crippen molar-refractivity contribution in [1.29, 1.82) is 0 Å². The van der Waals surface area contributed by atoms with Crippen molar-refractivity contribution in [2.45, 2.75) is 37.0 Å². The highest BCUT2D eigenvalue weighted by atomic mass is 35.5. The van der Waals surface area contributed by atoms with Crippen molar-refractivity contribution in [3.63, 3.8) is 0 Å². The van der Waals surface area contributed by atoms with Crippen LogP contribution in [-0.2, 0) is 9.84 Å². The van der Waals surface area contributed by atoms with Crippen LogP contribution in [0.4, 0.5) is 8.78 Å². The average Bonchev–Trinajstić information content (AvgIpc) is 3.63. The van der Waals surface area contributed by atoms with Gasteiger partial charge in [-0.05, 0) is 67.5 Å². The summed E-state index contributed by atoms with van der Waals surface area (Å²) in [6.45, 7) is 3.16. The lowest BCUT2D eigenvalue weighted by atomic mass is 10.0. The molecule has 2 atom stereocenters. The van der Waals surface area contributed by atoms with Gasteiger partial charge in [0.15, 0.2) is 33.9 Å². The minimum absolute atomic E-state index is 0.0628. The van der Waals surface area contributed by atoms with Gasteiger partial charge in [0, 0.05) is 29.3 Å². The number of benzene rings is 1. The van der Waals surface area contributed by atoms with Gasteiger partial charge in [0.25, 0.3) is 5.56 Å². The Morgan fingerprint density at radius 1 is 1.10 bits per heavy atom. The van der Waals surface area contributed by atoms with E-state index in [0.717, 1.165) is 22.5 Å². The molecule has 0 N–H and O–H groups in total. The van der Waals surface area contributed by atoms with Crippen LogP contribution in [0.5, 0.6) is 0 Å². The van der Waals surface area contributed by atoms with Gasteiger partial charge in [0.05, 0.1) is 5.69 Å². The van der Waals surface area contributed by atoms with Crippen LogP contribution in [0.3, 0.4) is 0 Å². The predicted octanol–water partition coefficient (Wildman–Crippen LogP) is 5.41. The van der Waals surface area contributed by atoms with Crippen LogP contribution < -0.4 is 10.3 Å². The molecule has 202 valence electrons. The smallest absolute Gasteiger partial charge is 0.274 e. The number of aromatic nitrogens is 3. The second-order valence-corrected chi connectivity index (χ2v) is 12.4. The van der Waals surface area contributed by atoms with Crippen molar-refractivity contribution in [1.82, 2.24) is 9.55 Å². The van der Waals surface area contributed by atoms with E-state index in [9.17, 15) is 18.4 Å². The van der Waals surface area contributed by atoms with E-state index in [-0.39, 0.29) is 33.7 Å². The Bertz CT molecular complexity index is 1820. The van der Waals surface area contributed by atoms with Crippen molar-refractivity contribution in [2.24, 2.45) is 0 Å². The van der Waals surface area contributed by atoms with Crippen molar-refractivity contribution in [3.8, 4) is 16.9 Å². The summed E-state index contributed by atoms with van der Waals surface area (Å²) in [5, 5.41) is 12.0. The van der Waals surface area contributed by atoms with E-state index >= 15 is 8.78 Å². The molecule has 0 saturated heterocycles. The minimum Gasteiger partial charge on any atom is -0.619 e. The fourth-order valence-corrected chi connectivity index (χ4v) is 6.20. The Morgan fingerprint density at radius 3 is 2.49 bits per heavy atom. The maximum atomic E-state index is 16.0. The summed E-state index contributed by atoms with van der Waals surface area (Å²) >= 11 is 12.6. The molecule has 4 aromatic rings. The van der Waals surface area contributed by atoms with E-state index < -0.39 is 37.6 Å². The van der Waals surface area contributed by atoms with Crippen LogP contribution in [0.25, 0.3) is 16.9 Å². The summed E-state index contributed by atoms with van der Waals surface area (Å²) in [6, 6.07) is 6.97. The number of nitrogens with zero attached hydrogens (tertiary/aromatic N) is 3. The molecular formula is C27H21Cl2F2N3O4S. The Kier molecular flexibility index (Phi) is 6.77. The zero-order valence-corrected chi connectivity index (χ0v) is 23.2. The van der Waals surface area contributed by atoms with Gasteiger partial charge in [-0.25, -0.2) is 17.2 Å². The summed E-state index contributed by atoms with van der Waals surface area (Å²) in [5.41, 5.74) is 0.299. The van der Waals surface area contributed by atoms with Gasteiger partial charge in [-0.15, -0.1) is 0 Å². The number of hydrogen-bond acceptors (Lipinski definition) is 5. The number of halogens is 4. The minimum atomic E-state index is -3.93. The van der Waals surface area contributed by atoms with E-state index in [1.165, 1.54) is 30.7 Å². The van der Waals surface area contributed by atoms with E-state index in [0.29, 0.717) is 27.4 Å². The first kappa shape index (κ1) is 27.2. The highest BCUT2D eigenvalue weighted by Crippen LogP contribution is 2.56. The summed E-state index contributed by atoms with van der Waals surface area (Å²) in [4.78, 5) is 16.9. The van der Waals surface area contributed by atoms with Gasteiger partial charge in [0.2, 0.25) is 0 Å². The molecule has 1 saturated carbocycles. The zero-order chi connectivity index (χ0) is 28.4. The van der Waals surface area contributed by atoms with E-state index in [1.54, 1.807) is 26.0 Å². The van der Waals surface area contributed by atoms with Crippen LogP contribution in [0.15, 0.2) is 58.6 Å². The molecule has 3 aromatic heterocycles. The lowest BCUT2D eigenvalue weighted by molar-refractivity contribution is -0.605. The van der Waals surface area contributed by atoms with Crippen LogP contribution in [0, 0.1) is 30.7 Å². The van der Waals surface area contributed by atoms with Gasteiger partial charge < -0.3 is 5.21 Å². The van der Waals surface area contributed by atoms with Gasteiger partial charge in [-0.2, -0.15) is 4.73 Å². The van der Waals surface area contributed by atoms with E-state index in [1.807, 2.05) is 0 Å². The Labute approximate surface area is 232 Å². The third-order valence-electron chi connectivity index (χ3n) is 6.83. The second-order valence-electron chi connectivity index (χ2n) is 9.63. The van der Waals surface area contributed by atoms with Crippen LogP contribution in [0.1, 0.15) is 40.6 Å². The first-order valence-electron chi connectivity index (χ1n) is 11.7. The first-order valence-corrected chi connectivity index (χ1v) is 14.4. The first-order chi connectivity index (χ1) is 18.3. The fraction of sp³-hybridized carbons (Fsp3) is 0.222. The molecule has 0 aliphatic heterocycles. The molecular weight excluding hydrogens is 571 g/mol. The molecule has 0 amide bonds. The molecule has 7 nitrogen and oxygen atoms in total. The summed E-state index contributed by atoms with van der Waals surface area (Å²) in [6.07, 6.45) is 5.44.